The number of aryl methyl sites for hydroxylation is 1. The van der Waals surface area contributed by atoms with Gasteiger partial charge in [-0.15, -0.1) is 0 Å². The van der Waals surface area contributed by atoms with E-state index >= 15 is 0 Å². The summed E-state index contributed by atoms with van der Waals surface area (Å²) in [5, 5.41) is 3.36. The van der Waals surface area contributed by atoms with Crippen LogP contribution in [0.3, 0.4) is 0 Å². The molecule has 1 heterocycles. The number of nitrogens with one attached hydrogen (secondary N) is 1. The highest BCUT2D eigenvalue weighted by molar-refractivity contribution is 5.34. The van der Waals surface area contributed by atoms with Crippen molar-refractivity contribution in [3.05, 3.63) is 18.1 Å². The highest BCUT2D eigenvalue weighted by Crippen LogP contribution is 2.07. The van der Waals surface area contributed by atoms with Crippen molar-refractivity contribution in [3.63, 3.8) is 0 Å². The van der Waals surface area contributed by atoms with Crippen molar-refractivity contribution in [2.45, 2.75) is 58.8 Å². The van der Waals surface area contributed by atoms with E-state index in [1.165, 1.54) is 38.5 Å². The average Bonchev–Trinajstić information content (AvgIpc) is 2.38. The first-order chi connectivity index (χ1) is 8.36. The minimum absolute atomic E-state index is 0.963. The lowest BCUT2D eigenvalue weighted by molar-refractivity contribution is 0.616. The zero-order valence-electron chi connectivity index (χ0n) is 11.2. The summed E-state index contributed by atoms with van der Waals surface area (Å²) in [6.45, 7) is 5.38. The van der Waals surface area contributed by atoms with E-state index in [0.29, 0.717) is 0 Å². The summed E-state index contributed by atoms with van der Waals surface area (Å²) in [5.41, 5.74) is 1.10. The van der Waals surface area contributed by atoms with Gasteiger partial charge in [-0.3, -0.25) is 0 Å². The first-order valence-electron chi connectivity index (χ1n) is 6.91. The molecule has 1 aromatic heterocycles. The van der Waals surface area contributed by atoms with Crippen molar-refractivity contribution in [3.8, 4) is 0 Å². The van der Waals surface area contributed by atoms with Crippen molar-refractivity contribution < 1.29 is 0 Å². The smallest absolute Gasteiger partial charge is 0.129 e. The molecule has 3 nitrogen and oxygen atoms in total. The van der Waals surface area contributed by atoms with Gasteiger partial charge in [0, 0.05) is 18.3 Å². The van der Waals surface area contributed by atoms with Gasteiger partial charge >= 0.3 is 0 Å². The van der Waals surface area contributed by atoms with Crippen LogP contribution in [0.1, 0.15) is 58.1 Å². The number of aromatic nitrogens is 2. The molecule has 0 fully saturated rings. The summed E-state index contributed by atoms with van der Waals surface area (Å²) in [7, 11) is 0. The first kappa shape index (κ1) is 13.9. The molecule has 0 atom stereocenters. The Morgan fingerprint density at radius 1 is 1.00 bits per heavy atom. The monoisotopic (exact) mass is 235 g/mol. The summed E-state index contributed by atoms with van der Waals surface area (Å²) in [4.78, 5) is 8.40. The van der Waals surface area contributed by atoms with E-state index in [4.69, 9.17) is 0 Å². The highest BCUT2D eigenvalue weighted by Gasteiger charge is 1.96. The molecule has 1 rings (SSSR count). The van der Waals surface area contributed by atoms with Crippen molar-refractivity contribution in [1.29, 1.82) is 0 Å². The highest BCUT2D eigenvalue weighted by atomic mass is 15.0. The number of hydrogen-bond acceptors (Lipinski definition) is 3. The van der Waals surface area contributed by atoms with Gasteiger partial charge in [0.15, 0.2) is 0 Å². The molecule has 1 N–H and O–H groups in total. The second-order valence-corrected chi connectivity index (χ2v) is 4.44. The van der Waals surface area contributed by atoms with Crippen LogP contribution >= 0.6 is 0 Å². The molecule has 0 saturated carbocycles. The predicted molar refractivity (Wildman–Crippen MR) is 73.3 cm³/mol. The number of rotatable bonds is 9. The third kappa shape index (κ3) is 6.25. The molecule has 1 aromatic rings. The van der Waals surface area contributed by atoms with Crippen LogP contribution in [-0.4, -0.2) is 16.5 Å². The zero-order chi connectivity index (χ0) is 12.3. The fourth-order valence-electron chi connectivity index (χ4n) is 1.81. The molecule has 0 saturated heterocycles. The number of hydrogen-bond donors (Lipinski definition) is 1. The molecule has 3 heteroatoms. The molecule has 0 unspecified atom stereocenters. The molecule has 0 amide bonds. The largest absolute Gasteiger partial charge is 0.370 e. The fourth-order valence-corrected chi connectivity index (χ4v) is 1.81. The maximum absolute atomic E-state index is 4.21. The van der Waals surface area contributed by atoms with Gasteiger partial charge in [-0.25, -0.2) is 9.97 Å². The van der Waals surface area contributed by atoms with Gasteiger partial charge in [0.2, 0.25) is 0 Å². The Bertz CT molecular complexity index is 299. The molecule has 17 heavy (non-hydrogen) atoms. The van der Waals surface area contributed by atoms with Gasteiger partial charge in [-0.05, 0) is 12.8 Å². The van der Waals surface area contributed by atoms with Gasteiger partial charge in [-0.1, -0.05) is 46.0 Å². The van der Waals surface area contributed by atoms with Crippen LogP contribution in [0, 0.1) is 0 Å². The minimum atomic E-state index is 0.963. The van der Waals surface area contributed by atoms with Gasteiger partial charge < -0.3 is 5.32 Å². The van der Waals surface area contributed by atoms with E-state index in [0.717, 1.165) is 24.5 Å². The van der Waals surface area contributed by atoms with Crippen molar-refractivity contribution in [1.82, 2.24) is 9.97 Å². The Balaban J connectivity index is 2.09. The number of anilines is 1. The molecule has 0 aliphatic carbocycles. The van der Waals surface area contributed by atoms with Crippen LogP contribution in [0.5, 0.6) is 0 Å². The van der Waals surface area contributed by atoms with E-state index in [9.17, 15) is 0 Å². The summed E-state index contributed by atoms with van der Waals surface area (Å²) < 4.78 is 0. The second kappa shape index (κ2) is 8.97. The lowest BCUT2D eigenvalue weighted by atomic mass is 10.1. The lowest BCUT2D eigenvalue weighted by Gasteiger charge is -2.06. The molecule has 0 spiro atoms. The fraction of sp³-hybridized carbons (Fsp3) is 0.714. The van der Waals surface area contributed by atoms with Crippen LogP contribution in [0.15, 0.2) is 12.4 Å². The Labute approximate surface area is 105 Å². The standard InChI is InChI=1S/C14H25N3/c1-3-5-6-7-8-9-10-15-14-11-13(4-2)16-12-17-14/h11-12H,3-10H2,1-2H3,(H,15,16,17). The summed E-state index contributed by atoms with van der Waals surface area (Å²) >= 11 is 0. The SMILES string of the molecule is CCCCCCCCNc1cc(CC)ncn1. The van der Waals surface area contributed by atoms with Crippen LogP contribution < -0.4 is 5.32 Å². The predicted octanol–water partition coefficient (Wildman–Crippen LogP) is 3.81. The average molecular weight is 235 g/mol. The van der Waals surface area contributed by atoms with Gasteiger partial charge in [0.05, 0.1) is 0 Å². The number of unbranched alkanes of at least 4 members (excludes halogenated alkanes) is 5. The van der Waals surface area contributed by atoms with Crippen LogP contribution in [-0.2, 0) is 6.42 Å². The Morgan fingerprint density at radius 3 is 2.53 bits per heavy atom. The Hall–Kier alpha value is -1.12. The molecule has 0 aliphatic rings. The van der Waals surface area contributed by atoms with E-state index < -0.39 is 0 Å². The maximum Gasteiger partial charge on any atom is 0.129 e. The van der Waals surface area contributed by atoms with Crippen LogP contribution in [0.25, 0.3) is 0 Å². The Kier molecular flexibility index (Phi) is 7.35. The first-order valence-corrected chi connectivity index (χ1v) is 6.91. The molecule has 0 aromatic carbocycles. The molecular weight excluding hydrogens is 210 g/mol. The maximum atomic E-state index is 4.21. The molecule has 0 aliphatic heterocycles. The van der Waals surface area contributed by atoms with E-state index in [1.807, 2.05) is 6.07 Å². The van der Waals surface area contributed by atoms with Crippen molar-refractivity contribution in [2.24, 2.45) is 0 Å². The van der Waals surface area contributed by atoms with Crippen LogP contribution in [0.2, 0.25) is 0 Å². The van der Waals surface area contributed by atoms with Crippen LogP contribution in [0.4, 0.5) is 5.82 Å². The van der Waals surface area contributed by atoms with Gasteiger partial charge in [0.25, 0.3) is 0 Å². The van der Waals surface area contributed by atoms with Gasteiger partial charge in [-0.2, -0.15) is 0 Å². The third-order valence-electron chi connectivity index (χ3n) is 2.92. The van der Waals surface area contributed by atoms with Gasteiger partial charge in [0.1, 0.15) is 12.1 Å². The minimum Gasteiger partial charge on any atom is -0.370 e. The molecule has 96 valence electrons. The summed E-state index contributed by atoms with van der Waals surface area (Å²) in [5.74, 6) is 0.963. The van der Waals surface area contributed by atoms with E-state index in [2.05, 4.69) is 29.1 Å². The second-order valence-electron chi connectivity index (χ2n) is 4.44. The summed E-state index contributed by atoms with van der Waals surface area (Å²) in [6.07, 6.45) is 10.6. The zero-order valence-corrected chi connectivity index (χ0v) is 11.2. The lowest BCUT2D eigenvalue weighted by Crippen LogP contribution is -2.04. The Morgan fingerprint density at radius 2 is 1.76 bits per heavy atom. The normalized spacial score (nSPS) is 10.5. The summed E-state index contributed by atoms with van der Waals surface area (Å²) in [6, 6.07) is 2.04. The van der Waals surface area contributed by atoms with E-state index in [-0.39, 0.29) is 0 Å². The number of nitrogens with zero attached hydrogens (tertiary/aromatic N) is 2. The topological polar surface area (TPSA) is 37.8 Å². The third-order valence-corrected chi connectivity index (χ3v) is 2.92. The molecular formula is C14H25N3. The van der Waals surface area contributed by atoms with Crippen molar-refractivity contribution in [2.75, 3.05) is 11.9 Å². The molecule has 0 bridgehead atoms. The van der Waals surface area contributed by atoms with E-state index in [1.54, 1.807) is 6.33 Å². The molecule has 0 radical (unpaired) electrons. The van der Waals surface area contributed by atoms with Crippen molar-refractivity contribution >= 4 is 5.82 Å². The quantitative estimate of drug-likeness (QED) is 0.661.